The lowest BCUT2D eigenvalue weighted by molar-refractivity contribution is -0.137. The molecular weight excluding hydrogens is 262 g/mol. The summed E-state index contributed by atoms with van der Waals surface area (Å²) in [5, 5.41) is 1.70. The Bertz CT molecular complexity index is 650. The number of hydrogen-bond acceptors (Lipinski definition) is 3. The molecule has 2 aromatic rings. The van der Waals surface area contributed by atoms with Gasteiger partial charge in [-0.15, -0.1) is 0 Å². The second-order valence-corrected chi connectivity index (χ2v) is 4.55. The fourth-order valence-corrected chi connectivity index (χ4v) is 2.00. The molecule has 0 bridgehead atoms. The molecule has 4 heteroatoms. The number of ether oxygens (including phenoxy) is 1. The zero-order valence-corrected chi connectivity index (χ0v) is 11.6. The van der Waals surface area contributed by atoms with E-state index in [2.05, 4.69) is 4.98 Å². The smallest absolute Gasteiger partial charge is 0.330 e. The summed E-state index contributed by atoms with van der Waals surface area (Å²) in [6.07, 6.45) is 3.02. The average molecular weight is 276 g/mol. The predicted molar refractivity (Wildman–Crippen MR) is 77.2 cm³/mol. The van der Waals surface area contributed by atoms with Gasteiger partial charge in [-0.2, -0.15) is 0 Å². The van der Waals surface area contributed by atoms with Crippen LogP contribution in [0.1, 0.15) is 18.2 Å². The van der Waals surface area contributed by atoms with Gasteiger partial charge in [-0.25, -0.2) is 9.78 Å². The van der Waals surface area contributed by atoms with Crippen molar-refractivity contribution in [1.29, 1.82) is 0 Å². The number of aryl methyl sites for hydroxylation is 1. The molecule has 0 aliphatic rings. The van der Waals surface area contributed by atoms with Gasteiger partial charge in [0, 0.05) is 16.5 Å². The van der Waals surface area contributed by atoms with Crippen molar-refractivity contribution in [2.45, 2.75) is 13.8 Å². The zero-order chi connectivity index (χ0) is 13.8. The van der Waals surface area contributed by atoms with Crippen LogP contribution < -0.4 is 0 Å². The maximum absolute atomic E-state index is 11.3. The van der Waals surface area contributed by atoms with E-state index in [4.69, 9.17) is 16.3 Å². The van der Waals surface area contributed by atoms with Crippen LogP contribution in [0.3, 0.4) is 0 Å². The van der Waals surface area contributed by atoms with Crippen LogP contribution in [0.2, 0.25) is 5.02 Å². The lowest BCUT2D eigenvalue weighted by atomic mass is 10.1. The number of pyridine rings is 1. The fraction of sp³-hybridized carbons (Fsp3) is 0.200. The highest BCUT2D eigenvalue weighted by Crippen LogP contribution is 2.22. The molecule has 1 heterocycles. The van der Waals surface area contributed by atoms with Gasteiger partial charge >= 0.3 is 5.97 Å². The number of aromatic nitrogens is 1. The van der Waals surface area contributed by atoms with Gasteiger partial charge in [0.05, 0.1) is 17.8 Å². The van der Waals surface area contributed by atoms with E-state index in [1.807, 2.05) is 31.2 Å². The van der Waals surface area contributed by atoms with E-state index in [0.717, 1.165) is 16.5 Å². The molecule has 0 fully saturated rings. The first kappa shape index (κ1) is 13.6. The normalized spacial score (nSPS) is 11.1. The molecule has 1 aromatic carbocycles. The van der Waals surface area contributed by atoms with Crippen molar-refractivity contribution in [3.8, 4) is 0 Å². The van der Waals surface area contributed by atoms with Crippen molar-refractivity contribution in [2.24, 2.45) is 0 Å². The molecule has 0 saturated heterocycles. The molecule has 0 aliphatic carbocycles. The summed E-state index contributed by atoms with van der Waals surface area (Å²) >= 11 is 5.96. The first-order valence-electron chi connectivity index (χ1n) is 6.02. The summed E-state index contributed by atoms with van der Waals surface area (Å²) in [5.74, 6) is -0.367. The third-order valence-electron chi connectivity index (χ3n) is 2.68. The molecule has 0 saturated carbocycles. The Morgan fingerprint density at radius 2 is 2.21 bits per heavy atom. The Balaban J connectivity index is 2.37. The quantitative estimate of drug-likeness (QED) is 0.632. The molecule has 19 heavy (non-hydrogen) atoms. The highest BCUT2D eigenvalue weighted by atomic mass is 35.5. The van der Waals surface area contributed by atoms with Crippen LogP contribution in [0, 0.1) is 6.92 Å². The third-order valence-corrected chi connectivity index (χ3v) is 2.91. The van der Waals surface area contributed by atoms with E-state index in [9.17, 15) is 4.79 Å². The molecule has 0 N–H and O–H groups in total. The number of benzene rings is 1. The van der Waals surface area contributed by atoms with Gasteiger partial charge in [0.15, 0.2) is 0 Å². The summed E-state index contributed by atoms with van der Waals surface area (Å²) in [4.78, 5) is 15.7. The van der Waals surface area contributed by atoms with Crippen LogP contribution in [-0.2, 0) is 9.53 Å². The molecule has 0 aliphatic heterocycles. The van der Waals surface area contributed by atoms with Gasteiger partial charge < -0.3 is 4.74 Å². The fourth-order valence-electron chi connectivity index (χ4n) is 1.83. The third kappa shape index (κ3) is 3.32. The number of rotatable bonds is 3. The van der Waals surface area contributed by atoms with E-state index < -0.39 is 0 Å². The van der Waals surface area contributed by atoms with E-state index in [0.29, 0.717) is 17.3 Å². The standard InChI is InChI=1S/C15H14ClNO2/c1-3-19-15(18)7-5-12-8-10(2)13-6-4-11(16)9-14(13)17-12/h4-9H,3H2,1-2H3/b7-5+. The van der Waals surface area contributed by atoms with Crippen molar-refractivity contribution in [3.63, 3.8) is 0 Å². The molecule has 3 nitrogen and oxygen atoms in total. The Labute approximate surface area is 116 Å². The Kier molecular flexibility index (Phi) is 4.17. The molecule has 98 valence electrons. The van der Waals surface area contributed by atoms with Crippen molar-refractivity contribution in [2.75, 3.05) is 6.61 Å². The van der Waals surface area contributed by atoms with E-state index in [1.165, 1.54) is 6.08 Å². The van der Waals surface area contributed by atoms with Crippen LogP contribution in [0.25, 0.3) is 17.0 Å². The summed E-state index contributed by atoms with van der Waals surface area (Å²) < 4.78 is 4.83. The van der Waals surface area contributed by atoms with Crippen molar-refractivity contribution in [3.05, 3.63) is 46.6 Å². The molecule has 0 radical (unpaired) electrons. The summed E-state index contributed by atoms with van der Waals surface area (Å²) in [6.45, 7) is 4.13. The summed E-state index contributed by atoms with van der Waals surface area (Å²) in [5.41, 5.74) is 2.61. The molecule has 0 amide bonds. The van der Waals surface area contributed by atoms with Crippen LogP contribution in [-0.4, -0.2) is 17.6 Å². The first-order valence-corrected chi connectivity index (χ1v) is 6.39. The first-order chi connectivity index (χ1) is 9.10. The van der Waals surface area contributed by atoms with Gasteiger partial charge in [0.25, 0.3) is 0 Å². The monoisotopic (exact) mass is 275 g/mol. The van der Waals surface area contributed by atoms with Crippen LogP contribution >= 0.6 is 11.6 Å². The topological polar surface area (TPSA) is 39.2 Å². The molecule has 0 spiro atoms. The molecular formula is C15H14ClNO2. The van der Waals surface area contributed by atoms with Gasteiger partial charge in [-0.3, -0.25) is 0 Å². The maximum Gasteiger partial charge on any atom is 0.330 e. The van der Waals surface area contributed by atoms with E-state index in [1.54, 1.807) is 13.0 Å². The Morgan fingerprint density at radius 1 is 1.42 bits per heavy atom. The minimum atomic E-state index is -0.367. The molecule has 2 rings (SSSR count). The zero-order valence-electron chi connectivity index (χ0n) is 10.8. The summed E-state index contributed by atoms with van der Waals surface area (Å²) in [6, 6.07) is 7.52. The van der Waals surface area contributed by atoms with E-state index in [-0.39, 0.29) is 5.97 Å². The number of hydrogen-bond donors (Lipinski definition) is 0. The van der Waals surface area contributed by atoms with Gasteiger partial charge in [-0.05, 0) is 43.7 Å². The highest BCUT2D eigenvalue weighted by molar-refractivity contribution is 6.31. The largest absolute Gasteiger partial charge is 0.463 e. The number of fused-ring (bicyclic) bond motifs is 1. The second-order valence-electron chi connectivity index (χ2n) is 4.11. The lowest BCUT2D eigenvalue weighted by Crippen LogP contribution is -1.99. The number of nitrogens with zero attached hydrogens (tertiary/aromatic N) is 1. The van der Waals surface area contributed by atoms with Crippen LogP contribution in [0.4, 0.5) is 0 Å². The SMILES string of the molecule is CCOC(=O)/C=C/c1cc(C)c2ccc(Cl)cc2n1. The highest BCUT2D eigenvalue weighted by Gasteiger charge is 2.02. The van der Waals surface area contributed by atoms with Crippen molar-refractivity contribution >= 4 is 34.5 Å². The minimum Gasteiger partial charge on any atom is -0.463 e. The van der Waals surface area contributed by atoms with Crippen molar-refractivity contribution < 1.29 is 9.53 Å². The number of carbonyl (C=O) groups excluding carboxylic acids is 1. The number of carbonyl (C=O) groups is 1. The van der Waals surface area contributed by atoms with Crippen LogP contribution in [0.15, 0.2) is 30.3 Å². The van der Waals surface area contributed by atoms with Crippen LogP contribution in [0.5, 0.6) is 0 Å². The number of halogens is 1. The second kappa shape index (κ2) is 5.85. The molecule has 0 unspecified atom stereocenters. The van der Waals surface area contributed by atoms with E-state index >= 15 is 0 Å². The number of esters is 1. The Hall–Kier alpha value is -1.87. The Morgan fingerprint density at radius 3 is 2.95 bits per heavy atom. The predicted octanol–water partition coefficient (Wildman–Crippen LogP) is 3.77. The molecule has 0 atom stereocenters. The van der Waals surface area contributed by atoms with Gasteiger partial charge in [-0.1, -0.05) is 17.7 Å². The summed E-state index contributed by atoms with van der Waals surface area (Å²) in [7, 11) is 0. The average Bonchev–Trinajstić information content (AvgIpc) is 2.36. The maximum atomic E-state index is 11.3. The van der Waals surface area contributed by atoms with Gasteiger partial charge in [0.2, 0.25) is 0 Å². The van der Waals surface area contributed by atoms with Gasteiger partial charge in [0.1, 0.15) is 0 Å². The van der Waals surface area contributed by atoms with Crippen molar-refractivity contribution in [1.82, 2.24) is 4.98 Å². The molecule has 1 aromatic heterocycles. The minimum absolute atomic E-state index is 0.364. The lowest BCUT2D eigenvalue weighted by Gasteiger charge is -2.04.